The lowest BCUT2D eigenvalue weighted by atomic mass is 9.82. The third-order valence-corrected chi connectivity index (χ3v) is 2.05. The van der Waals surface area contributed by atoms with Crippen LogP contribution in [0.5, 0.6) is 0 Å². The van der Waals surface area contributed by atoms with E-state index in [1.54, 1.807) is 23.0 Å². The van der Waals surface area contributed by atoms with E-state index in [2.05, 4.69) is 9.97 Å². The fraction of sp³-hybridized carbons (Fsp3) is 0.111. The van der Waals surface area contributed by atoms with Gasteiger partial charge in [-0.1, -0.05) is 6.07 Å². The molecule has 5 nitrogen and oxygen atoms in total. The van der Waals surface area contributed by atoms with Crippen molar-refractivity contribution in [3.8, 4) is 5.82 Å². The highest BCUT2D eigenvalue weighted by Gasteiger charge is 2.10. The van der Waals surface area contributed by atoms with Gasteiger partial charge < -0.3 is 10.0 Å². The van der Waals surface area contributed by atoms with Crippen LogP contribution >= 0.6 is 0 Å². The first-order valence-electron chi connectivity index (χ1n) is 4.50. The van der Waals surface area contributed by atoms with Gasteiger partial charge in [-0.2, -0.15) is 0 Å². The van der Waals surface area contributed by atoms with Crippen molar-refractivity contribution < 1.29 is 10.0 Å². The van der Waals surface area contributed by atoms with Gasteiger partial charge in [-0.15, -0.1) is 0 Å². The Balaban J connectivity index is 2.31. The van der Waals surface area contributed by atoms with Crippen LogP contribution in [0, 0.1) is 6.92 Å². The molecule has 0 saturated heterocycles. The van der Waals surface area contributed by atoms with Crippen molar-refractivity contribution in [1.29, 1.82) is 0 Å². The summed E-state index contributed by atoms with van der Waals surface area (Å²) in [5.74, 6) is 0.694. The predicted molar refractivity (Wildman–Crippen MR) is 55.9 cm³/mol. The molecule has 0 aliphatic rings. The molecule has 0 amide bonds. The summed E-state index contributed by atoms with van der Waals surface area (Å²) in [5, 5.41) is 17.8. The van der Waals surface area contributed by atoms with Gasteiger partial charge >= 0.3 is 7.12 Å². The molecule has 15 heavy (non-hydrogen) atoms. The highest BCUT2D eigenvalue weighted by Crippen LogP contribution is 2.03. The van der Waals surface area contributed by atoms with E-state index < -0.39 is 7.12 Å². The summed E-state index contributed by atoms with van der Waals surface area (Å²) in [6.07, 6.45) is 4.93. The molecule has 2 aromatic rings. The highest BCUT2D eigenvalue weighted by molar-refractivity contribution is 6.58. The van der Waals surface area contributed by atoms with Gasteiger partial charge in [-0.25, -0.2) is 9.97 Å². The summed E-state index contributed by atoms with van der Waals surface area (Å²) in [4.78, 5) is 8.16. The largest absolute Gasteiger partial charge is 0.490 e. The zero-order valence-electron chi connectivity index (χ0n) is 8.20. The van der Waals surface area contributed by atoms with E-state index in [1.807, 2.05) is 13.1 Å². The van der Waals surface area contributed by atoms with E-state index >= 15 is 0 Å². The molecule has 0 radical (unpaired) electrons. The molecule has 0 unspecified atom stereocenters. The molecule has 2 N–H and O–H groups in total. The number of imidazole rings is 1. The quantitative estimate of drug-likeness (QED) is 0.630. The standard InChI is InChI=1S/C9H10BN3O2/c1-7-5-13(6-12-7)9-3-2-8(4-11-9)10(14)15/h2-6,14-15H,1H3. The molecule has 2 rings (SSSR count). The number of hydrogen-bond donors (Lipinski definition) is 2. The van der Waals surface area contributed by atoms with Crippen molar-refractivity contribution in [3.63, 3.8) is 0 Å². The van der Waals surface area contributed by atoms with Gasteiger partial charge in [-0.3, -0.25) is 4.57 Å². The number of pyridine rings is 1. The topological polar surface area (TPSA) is 71.2 Å². The maximum Gasteiger partial charge on any atom is 0.490 e. The van der Waals surface area contributed by atoms with Crippen LogP contribution in [0.4, 0.5) is 0 Å². The Morgan fingerprint density at radius 1 is 1.27 bits per heavy atom. The lowest BCUT2D eigenvalue weighted by Crippen LogP contribution is -2.30. The molecular formula is C9H10BN3O2. The van der Waals surface area contributed by atoms with E-state index in [4.69, 9.17) is 10.0 Å². The summed E-state index contributed by atoms with van der Waals surface area (Å²) in [5.41, 5.74) is 1.28. The van der Waals surface area contributed by atoms with Crippen LogP contribution in [0.2, 0.25) is 0 Å². The highest BCUT2D eigenvalue weighted by atomic mass is 16.4. The summed E-state index contributed by atoms with van der Waals surface area (Å²) in [6.45, 7) is 1.89. The Bertz CT molecular complexity index is 453. The van der Waals surface area contributed by atoms with Crippen molar-refractivity contribution in [2.24, 2.45) is 0 Å². The molecular weight excluding hydrogens is 193 g/mol. The zero-order valence-corrected chi connectivity index (χ0v) is 8.20. The number of nitrogens with zero attached hydrogens (tertiary/aromatic N) is 3. The van der Waals surface area contributed by atoms with Crippen LogP contribution in [0.25, 0.3) is 5.82 Å². The Hall–Kier alpha value is -1.66. The molecule has 2 aromatic heterocycles. The maximum atomic E-state index is 8.89. The van der Waals surface area contributed by atoms with Crippen molar-refractivity contribution in [1.82, 2.24) is 14.5 Å². The fourth-order valence-corrected chi connectivity index (χ4v) is 1.25. The summed E-state index contributed by atoms with van der Waals surface area (Å²) >= 11 is 0. The predicted octanol–water partition coefficient (Wildman–Crippen LogP) is -0.744. The fourth-order valence-electron chi connectivity index (χ4n) is 1.25. The van der Waals surface area contributed by atoms with Gasteiger partial charge in [0.15, 0.2) is 0 Å². The smallest absolute Gasteiger partial charge is 0.423 e. The Morgan fingerprint density at radius 2 is 2.07 bits per heavy atom. The van der Waals surface area contributed by atoms with Crippen molar-refractivity contribution in [3.05, 3.63) is 36.5 Å². The molecule has 0 fully saturated rings. The summed E-state index contributed by atoms with van der Waals surface area (Å²) in [6, 6.07) is 3.32. The molecule has 76 valence electrons. The number of rotatable bonds is 2. The van der Waals surface area contributed by atoms with Crippen molar-refractivity contribution in [2.75, 3.05) is 0 Å². The van der Waals surface area contributed by atoms with Gasteiger partial charge in [0.1, 0.15) is 12.1 Å². The van der Waals surface area contributed by atoms with E-state index in [9.17, 15) is 0 Å². The molecule has 0 aliphatic heterocycles. The van der Waals surface area contributed by atoms with Gasteiger partial charge in [-0.05, 0) is 13.0 Å². The Labute approximate surface area is 87.2 Å². The minimum atomic E-state index is -1.48. The number of hydrogen-bond acceptors (Lipinski definition) is 4. The van der Waals surface area contributed by atoms with Crippen LogP contribution in [0.1, 0.15) is 5.69 Å². The molecule has 0 aromatic carbocycles. The van der Waals surface area contributed by atoms with Gasteiger partial charge in [0, 0.05) is 17.9 Å². The van der Waals surface area contributed by atoms with E-state index in [0.29, 0.717) is 11.3 Å². The lowest BCUT2D eigenvalue weighted by molar-refractivity contribution is 0.425. The van der Waals surface area contributed by atoms with Crippen LogP contribution < -0.4 is 5.46 Å². The van der Waals surface area contributed by atoms with Crippen LogP contribution in [0.15, 0.2) is 30.9 Å². The van der Waals surface area contributed by atoms with Gasteiger partial charge in [0.25, 0.3) is 0 Å². The van der Waals surface area contributed by atoms with E-state index in [0.717, 1.165) is 5.69 Å². The molecule has 6 heteroatoms. The second-order valence-electron chi connectivity index (χ2n) is 3.25. The maximum absolute atomic E-state index is 8.89. The van der Waals surface area contributed by atoms with E-state index in [1.165, 1.54) is 6.20 Å². The van der Waals surface area contributed by atoms with Crippen LogP contribution in [-0.2, 0) is 0 Å². The summed E-state index contributed by atoms with van der Waals surface area (Å²) < 4.78 is 1.77. The minimum absolute atomic E-state index is 0.371. The minimum Gasteiger partial charge on any atom is -0.423 e. The van der Waals surface area contributed by atoms with Crippen LogP contribution in [0.3, 0.4) is 0 Å². The average molecular weight is 203 g/mol. The van der Waals surface area contributed by atoms with Crippen molar-refractivity contribution >= 4 is 12.6 Å². The molecule has 0 spiro atoms. The van der Waals surface area contributed by atoms with Crippen molar-refractivity contribution in [2.45, 2.75) is 6.92 Å². The lowest BCUT2D eigenvalue weighted by Gasteiger charge is -2.02. The Morgan fingerprint density at radius 3 is 2.53 bits per heavy atom. The average Bonchev–Trinajstić information content (AvgIpc) is 2.65. The van der Waals surface area contributed by atoms with Gasteiger partial charge in [0.05, 0.1) is 5.69 Å². The number of aryl methyl sites for hydroxylation is 1. The molecule has 0 bridgehead atoms. The first-order valence-corrected chi connectivity index (χ1v) is 4.50. The molecule has 2 heterocycles. The second-order valence-corrected chi connectivity index (χ2v) is 3.25. The first kappa shape index (κ1) is 9.88. The summed E-state index contributed by atoms with van der Waals surface area (Å²) in [7, 11) is -1.48. The number of aromatic nitrogens is 3. The third kappa shape index (κ3) is 2.06. The van der Waals surface area contributed by atoms with Gasteiger partial charge in [0.2, 0.25) is 0 Å². The SMILES string of the molecule is Cc1cn(-c2ccc(B(O)O)cn2)cn1. The zero-order chi connectivity index (χ0) is 10.8. The molecule has 0 aliphatic carbocycles. The third-order valence-electron chi connectivity index (χ3n) is 2.05. The Kier molecular flexibility index (Phi) is 2.53. The molecule has 0 atom stereocenters. The first-order chi connectivity index (χ1) is 7.16. The monoisotopic (exact) mass is 203 g/mol. The van der Waals surface area contributed by atoms with Crippen LogP contribution in [-0.4, -0.2) is 31.7 Å². The van der Waals surface area contributed by atoms with E-state index in [-0.39, 0.29) is 0 Å². The second kappa shape index (κ2) is 3.84. The molecule has 0 saturated carbocycles. The normalized spacial score (nSPS) is 10.3.